The number of hydrogen-bond acceptors (Lipinski definition) is 1. The molecule has 56 heavy (non-hydrogen) atoms. The highest BCUT2D eigenvalue weighted by Crippen LogP contribution is 2.39. The van der Waals surface area contributed by atoms with Gasteiger partial charge in [-0.3, -0.25) is 0 Å². The van der Waals surface area contributed by atoms with E-state index in [2.05, 4.69) is 228 Å². The van der Waals surface area contributed by atoms with Crippen LogP contribution in [-0.4, -0.2) is 4.57 Å². The Morgan fingerprint density at radius 2 is 0.750 bits per heavy atom. The van der Waals surface area contributed by atoms with E-state index in [-0.39, 0.29) is 0 Å². The molecule has 0 bridgehead atoms. The minimum Gasteiger partial charge on any atom is -0.310 e. The molecule has 0 unspecified atom stereocenters. The first-order chi connectivity index (χ1) is 27.8. The minimum atomic E-state index is 1.02. The number of benzene rings is 8. The monoisotopic (exact) mass is 716 g/mol. The zero-order valence-electron chi connectivity index (χ0n) is 31.1. The molecule has 1 aliphatic carbocycles. The van der Waals surface area contributed by atoms with Crippen molar-refractivity contribution in [3.8, 4) is 50.2 Å². The Balaban J connectivity index is 1.17. The Labute approximate surface area is 328 Å². The van der Waals surface area contributed by atoms with E-state index in [1.165, 1.54) is 66.0 Å². The zero-order valence-corrected chi connectivity index (χ0v) is 31.1. The lowest BCUT2D eigenvalue weighted by Gasteiger charge is -2.26. The third-order valence-electron chi connectivity index (χ3n) is 11.0. The molecule has 0 saturated heterocycles. The summed E-state index contributed by atoms with van der Waals surface area (Å²) in [7, 11) is 0. The van der Waals surface area contributed by atoms with Crippen LogP contribution in [0.3, 0.4) is 0 Å². The highest BCUT2D eigenvalue weighted by molar-refractivity contribution is 5.91. The van der Waals surface area contributed by atoms with Crippen LogP contribution < -0.4 is 15.5 Å². The Bertz CT molecular complexity index is 2770. The molecule has 0 spiro atoms. The van der Waals surface area contributed by atoms with Crippen molar-refractivity contribution < 1.29 is 0 Å². The maximum Gasteiger partial charge on any atom is 0.0561 e. The van der Waals surface area contributed by atoms with Crippen molar-refractivity contribution in [3.05, 3.63) is 217 Å². The SMILES string of the molecule is C1=c2c(n(-c3cc(-c4ccccc4)cc(-c4ccccc4)c3)c3cc(N(c4ccc(-c5ccccc5)cc4)c4ccc(-c5ccccc5)cc4)ccc23)=CCC1. The highest BCUT2D eigenvalue weighted by Gasteiger charge is 2.19. The fourth-order valence-corrected chi connectivity index (χ4v) is 8.25. The molecule has 2 nitrogen and oxygen atoms in total. The number of nitrogens with zero attached hydrogens (tertiary/aromatic N) is 2. The highest BCUT2D eigenvalue weighted by atomic mass is 15.1. The average Bonchev–Trinajstić information content (AvgIpc) is 3.62. The van der Waals surface area contributed by atoms with Gasteiger partial charge in [0.05, 0.1) is 5.52 Å². The van der Waals surface area contributed by atoms with E-state index < -0.39 is 0 Å². The van der Waals surface area contributed by atoms with Crippen molar-refractivity contribution in [3.63, 3.8) is 0 Å². The minimum absolute atomic E-state index is 1.02. The molecule has 10 rings (SSSR count). The Hall–Kier alpha value is -7.16. The van der Waals surface area contributed by atoms with Gasteiger partial charge in [-0.25, -0.2) is 0 Å². The van der Waals surface area contributed by atoms with Gasteiger partial charge in [-0.05, 0) is 112 Å². The topological polar surface area (TPSA) is 8.17 Å². The van der Waals surface area contributed by atoms with E-state index in [1.54, 1.807) is 0 Å². The number of fused-ring (bicyclic) bond motifs is 3. The van der Waals surface area contributed by atoms with E-state index in [4.69, 9.17) is 0 Å². The fraction of sp³-hybridized carbons (Fsp3) is 0.0370. The third kappa shape index (κ3) is 6.32. The molecule has 0 atom stereocenters. The second-order valence-corrected chi connectivity index (χ2v) is 14.5. The van der Waals surface area contributed by atoms with E-state index in [9.17, 15) is 0 Å². The molecule has 0 N–H and O–H groups in total. The van der Waals surface area contributed by atoms with Crippen LogP contribution in [0, 0.1) is 0 Å². The summed E-state index contributed by atoms with van der Waals surface area (Å²) in [4.78, 5) is 2.39. The van der Waals surface area contributed by atoms with Crippen LogP contribution in [-0.2, 0) is 0 Å². The fourth-order valence-electron chi connectivity index (χ4n) is 8.25. The molecule has 9 aromatic rings. The summed E-state index contributed by atoms with van der Waals surface area (Å²) < 4.78 is 2.50. The average molecular weight is 717 g/mol. The first kappa shape index (κ1) is 33.4. The van der Waals surface area contributed by atoms with Crippen LogP contribution in [0.15, 0.2) is 206 Å². The molecule has 8 aromatic carbocycles. The normalized spacial score (nSPS) is 12.1. The molecule has 0 saturated carbocycles. The van der Waals surface area contributed by atoms with Crippen LogP contribution in [0.2, 0.25) is 0 Å². The van der Waals surface area contributed by atoms with Crippen molar-refractivity contribution in [1.29, 1.82) is 0 Å². The molecule has 0 radical (unpaired) electrons. The lowest BCUT2D eigenvalue weighted by Crippen LogP contribution is -2.30. The largest absolute Gasteiger partial charge is 0.310 e. The second-order valence-electron chi connectivity index (χ2n) is 14.5. The van der Waals surface area contributed by atoms with Crippen LogP contribution in [0.5, 0.6) is 0 Å². The van der Waals surface area contributed by atoms with Gasteiger partial charge in [-0.2, -0.15) is 0 Å². The van der Waals surface area contributed by atoms with Gasteiger partial charge in [-0.15, -0.1) is 0 Å². The first-order valence-electron chi connectivity index (χ1n) is 19.5. The van der Waals surface area contributed by atoms with E-state index >= 15 is 0 Å². The molecular formula is C54H40N2. The number of anilines is 3. The maximum absolute atomic E-state index is 2.50. The summed E-state index contributed by atoms with van der Waals surface area (Å²) in [6.07, 6.45) is 6.92. The van der Waals surface area contributed by atoms with Crippen LogP contribution in [0.1, 0.15) is 12.8 Å². The van der Waals surface area contributed by atoms with Crippen molar-refractivity contribution in [2.24, 2.45) is 0 Å². The Morgan fingerprint density at radius 1 is 0.339 bits per heavy atom. The Kier molecular flexibility index (Phi) is 8.70. The quantitative estimate of drug-likeness (QED) is 0.152. The summed E-state index contributed by atoms with van der Waals surface area (Å²) in [6.45, 7) is 0. The smallest absolute Gasteiger partial charge is 0.0561 e. The summed E-state index contributed by atoms with van der Waals surface area (Å²) in [5.74, 6) is 0. The molecular weight excluding hydrogens is 677 g/mol. The van der Waals surface area contributed by atoms with Crippen LogP contribution in [0.4, 0.5) is 17.1 Å². The summed E-state index contributed by atoms with van der Waals surface area (Å²) in [5, 5.41) is 3.85. The Morgan fingerprint density at radius 3 is 1.23 bits per heavy atom. The van der Waals surface area contributed by atoms with Crippen molar-refractivity contribution >= 4 is 40.1 Å². The predicted octanol–water partition coefficient (Wildman–Crippen LogP) is 13.1. The van der Waals surface area contributed by atoms with Crippen molar-refractivity contribution in [2.45, 2.75) is 12.8 Å². The molecule has 0 amide bonds. The van der Waals surface area contributed by atoms with Gasteiger partial charge in [-0.1, -0.05) is 164 Å². The third-order valence-corrected chi connectivity index (χ3v) is 11.0. The number of hydrogen-bond donors (Lipinski definition) is 0. The number of aromatic nitrogens is 1. The lowest BCUT2D eigenvalue weighted by atomic mass is 9.98. The van der Waals surface area contributed by atoms with Gasteiger partial charge < -0.3 is 9.47 Å². The molecule has 266 valence electrons. The van der Waals surface area contributed by atoms with Crippen molar-refractivity contribution in [2.75, 3.05) is 4.90 Å². The van der Waals surface area contributed by atoms with E-state index in [0.717, 1.165) is 35.6 Å². The second kappa shape index (κ2) is 14.6. The summed E-state index contributed by atoms with van der Waals surface area (Å²) >= 11 is 0. The zero-order chi connectivity index (χ0) is 37.3. The van der Waals surface area contributed by atoms with Gasteiger partial charge in [0.25, 0.3) is 0 Å². The van der Waals surface area contributed by atoms with Crippen LogP contribution >= 0.6 is 0 Å². The van der Waals surface area contributed by atoms with E-state index in [1.807, 2.05) is 0 Å². The van der Waals surface area contributed by atoms with Gasteiger partial charge in [0.1, 0.15) is 0 Å². The molecule has 2 heteroatoms. The molecule has 1 aliphatic rings. The van der Waals surface area contributed by atoms with Gasteiger partial charge in [0.2, 0.25) is 0 Å². The lowest BCUT2D eigenvalue weighted by molar-refractivity contribution is 1.02. The molecule has 0 fully saturated rings. The first-order valence-corrected chi connectivity index (χ1v) is 19.5. The van der Waals surface area contributed by atoms with E-state index in [0.29, 0.717) is 0 Å². The van der Waals surface area contributed by atoms with Crippen LogP contribution in [0.25, 0.3) is 73.2 Å². The van der Waals surface area contributed by atoms with Gasteiger partial charge >= 0.3 is 0 Å². The van der Waals surface area contributed by atoms with Gasteiger partial charge in [0.15, 0.2) is 0 Å². The maximum atomic E-state index is 2.50. The molecule has 1 aromatic heterocycles. The van der Waals surface area contributed by atoms with Crippen molar-refractivity contribution in [1.82, 2.24) is 4.57 Å². The standard InChI is InChI=1S/C54H40N2/c1-5-15-39(16-6-1)43-25-29-47(30-26-43)55(48-31-27-44(28-32-48)40-17-7-2-8-18-40)49-33-34-52-51-23-13-14-24-53(51)56(54(52)38-49)50-36-45(41-19-9-3-10-20-41)35-46(37-50)42-21-11-4-12-22-42/h1-12,15-38H,13-14H2. The number of rotatable bonds is 8. The molecule has 1 heterocycles. The summed E-state index contributed by atoms with van der Waals surface area (Å²) in [6, 6.07) is 74.7. The predicted molar refractivity (Wildman–Crippen MR) is 237 cm³/mol. The summed E-state index contributed by atoms with van der Waals surface area (Å²) in [5.41, 5.74) is 15.3. The molecule has 0 aliphatic heterocycles. The van der Waals surface area contributed by atoms with Gasteiger partial charge in [0, 0.05) is 38.7 Å².